The molecule has 32 heavy (non-hydrogen) atoms. The molecule has 1 N–H and O–H groups in total. The molecule has 1 amide bonds. The second kappa shape index (κ2) is 8.82. The third-order valence-corrected chi connectivity index (χ3v) is 7.79. The van der Waals surface area contributed by atoms with E-state index in [1.54, 1.807) is 43.3 Å². The number of carbonyl (C=O) groups is 1. The molecule has 0 aliphatic carbocycles. The zero-order chi connectivity index (χ0) is 22.9. The molecule has 4 rings (SSSR count). The maximum Gasteiger partial charge on any atom is 0.298 e. The van der Waals surface area contributed by atoms with Gasteiger partial charge in [0.1, 0.15) is 10.4 Å². The first-order chi connectivity index (χ1) is 15.3. The van der Waals surface area contributed by atoms with Crippen molar-refractivity contribution in [1.29, 1.82) is 0 Å². The molecule has 0 saturated carbocycles. The number of oxazole rings is 1. The standard InChI is InChI=1S/C22H21ClN4O4S/c1-3-9-24-21(28)16-7-8-19-18(14-16)25-22(31-19)26-10-12-27(13-11-26)32(29,30)20-15(2)5-4-6-17(20)23/h1,4-8,14H,9-13H2,2H3,(H,24,28). The molecular weight excluding hydrogens is 452 g/mol. The Morgan fingerprint density at radius 3 is 2.69 bits per heavy atom. The first kappa shape index (κ1) is 22.1. The number of rotatable bonds is 5. The fourth-order valence-corrected chi connectivity index (χ4v) is 5.82. The predicted octanol–water partition coefficient (Wildman–Crippen LogP) is 2.66. The number of fused-ring (bicyclic) bond motifs is 1. The van der Waals surface area contributed by atoms with Crippen molar-refractivity contribution in [3.63, 3.8) is 0 Å². The number of nitrogens with one attached hydrogen (secondary N) is 1. The van der Waals surface area contributed by atoms with Gasteiger partial charge in [0.05, 0.1) is 11.6 Å². The molecule has 8 nitrogen and oxygen atoms in total. The number of hydrogen-bond donors (Lipinski definition) is 1. The molecule has 1 aromatic heterocycles. The number of aromatic nitrogens is 1. The van der Waals surface area contributed by atoms with E-state index in [1.165, 1.54) is 4.31 Å². The van der Waals surface area contributed by atoms with E-state index in [-0.39, 0.29) is 35.5 Å². The minimum Gasteiger partial charge on any atom is -0.423 e. The number of benzene rings is 2. The lowest BCUT2D eigenvalue weighted by molar-refractivity contribution is 0.0959. The minimum absolute atomic E-state index is 0.141. The summed E-state index contributed by atoms with van der Waals surface area (Å²) in [6.07, 6.45) is 5.17. The number of anilines is 1. The van der Waals surface area contributed by atoms with Crippen LogP contribution < -0.4 is 10.2 Å². The molecule has 0 bridgehead atoms. The van der Waals surface area contributed by atoms with E-state index in [0.29, 0.717) is 41.3 Å². The number of hydrogen-bond acceptors (Lipinski definition) is 6. The van der Waals surface area contributed by atoms with Crippen molar-refractivity contribution in [1.82, 2.24) is 14.6 Å². The number of aryl methyl sites for hydroxylation is 1. The predicted molar refractivity (Wildman–Crippen MR) is 122 cm³/mol. The summed E-state index contributed by atoms with van der Waals surface area (Å²) in [4.78, 5) is 18.6. The van der Waals surface area contributed by atoms with E-state index in [4.69, 9.17) is 22.4 Å². The summed E-state index contributed by atoms with van der Waals surface area (Å²) in [5, 5.41) is 2.82. The molecule has 2 aromatic carbocycles. The van der Waals surface area contributed by atoms with Crippen LogP contribution >= 0.6 is 11.6 Å². The quantitative estimate of drug-likeness (QED) is 0.573. The maximum atomic E-state index is 13.1. The highest BCUT2D eigenvalue weighted by Gasteiger charge is 2.32. The SMILES string of the molecule is C#CCNC(=O)c1ccc2oc(N3CCN(S(=O)(=O)c4c(C)cccc4Cl)CC3)nc2c1. The van der Waals surface area contributed by atoms with Gasteiger partial charge < -0.3 is 14.6 Å². The lowest BCUT2D eigenvalue weighted by Gasteiger charge is -2.33. The topological polar surface area (TPSA) is 95.8 Å². The van der Waals surface area contributed by atoms with Crippen molar-refractivity contribution in [2.75, 3.05) is 37.6 Å². The number of halogens is 1. The van der Waals surface area contributed by atoms with Gasteiger partial charge in [-0.05, 0) is 36.8 Å². The molecule has 0 atom stereocenters. The summed E-state index contributed by atoms with van der Waals surface area (Å²) in [5.41, 5.74) is 2.12. The van der Waals surface area contributed by atoms with E-state index in [9.17, 15) is 13.2 Å². The number of amides is 1. The van der Waals surface area contributed by atoms with Crippen molar-refractivity contribution in [3.05, 3.63) is 52.5 Å². The van der Waals surface area contributed by atoms with Gasteiger partial charge in [-0.1, -0.05) is 29.7 Å². The van der Waals surface area contributed by atoms with E-state index in [0.717, 1.165) is 0 Å². The van der Waals surface area contributed by atoms with Crippen molar-refractivity contribution in [2.45, 2.75) is 11.8 Å². The number of nitrogens with zero attached hydrogens (tertiary/aromatic N) is 3. The van der Waals surface area contributed by atoms with Gasteiger partial charge >= 0.3 is 0 Å². The van der Waals surface area contributed by atoms with Crippen LogP contribution in [-0.2, 0) is 10.0 Å². The minimum atomic E-state index is -3.71. The largest absolute Gasteiger partial charge is 0.423 e. The van der Waals surface area contributed by atoms with Crippen LogP contribution in [0.4, 0.5) is 6.01 Å². The van der Waals surface area contributed by atoms with E-state index < -0.39 is 10.0 Å². The van der Waals surface area contributed by atoms with Crippen LogP contribution in [0.15, 0.2) is 45.7 Å². The van der Waals surface area contributed by atoms with E-state index in [2.05, 4.69) is 16.2 Å². The van der Waals surface area contributed by atoms with Gasteiger partial charge in [-0.15, -0.1) is 6.42 Å². The lowest BCUT2D eigenvalue weighted by Crippen LogP contribution is -2.49. The highest BCUT2D eigenvalue weighted by atomic mass is 35.5. The van der Waals surface area contributed by atoms with Crippen molar-refractivity contribution < 1.29 is 17.6 Å². The molecule has 0 spiro atoms. The Balaban J connectivity index is 1.49. The number of sulfonamides is 1. The average Bonchev–Trinajstić information content (AvgIpc) is 3.20. The molecule has 0 unspecified atom stereocenters. The third-order valence-electron chi connectivity index (χ3n) is 5.26. The van der Waals surface area contributed by atoms with E-state index in [1.807, 2.05) is 4.90 Å². The molecular formula is C22H21ClN4O4S. The Hall–Kier alpha value is -3.06. The van der Waals surface area contributed by atoms with Gasteiger partial charge in [0.15, 0.2) is 5.58 Å². The van der Waals surface area contributed by atoms with Gasteiger partial charge in [-0.2, -0.15) is 9.29 Å². The summed E-state index contributed by atoms with van der Waals surface area (Å²) >= 11 is 6.19. The zero-order valence-electron chi connectivity index (χ0n) is 17.3. The summed E-state index contributed by atoms with van der Waals surface area (Å²) in [7, 11) is -3.71. The van der Waals surface area contributed by atoms with Gasteiger partial charge in [-0.3, -0.25) is 4.79 Å². The first-order valence-electron chi connectivity index (χ1n) is 9.93. The van der Waals surface area contributed by atoms with Gasteiger partial charge in [0.25, 0.3) is 11.9 Å². The summed E-state index contributed by atoms with van der Waals surface area (Å²) in [6, 6.07) is 10.4. The van der Waals surface area contributed by atoms with Gasteiger partial charge in [0.2, 0.25) is 10.0 Å². The Labute approximate surface area is 191 Å². The summed E-state index contributed by atoms with van der Waals surface area (Å²) < 4.78 is 33.5. The third kappa shape index (κ3) is 4.17. The van der Waals surface area contributed by atoms with Crippen LogP contribution in [0.2, 0.25) is 5.02 Å². The Morgan fingerprint density at radius 2 is 2.00 bits per heavy atom. The Kier molecular flexibility index (Phi) is 6.11. The van der Waals surface area contributed by atoms with Gasteiger partial charge in [-0.25, -0.2) is 8.42 Å². The Morgan fingerprint density at radius 1 is 1.25 bits per heavy atom. The van der Waals surface area contributed by atoms with Crippen LogP contribution in [-0.4, -0.2) is 56.3 Å². The van der Waals surface area contributed by atoms with Gasteiger partial charge in [0, 0.05) is 31.7 Å². The molecule has 10 heteroatoms. The zero-order valence-corrected chi connectivity index (χ0v) is 18.9. The number of terminal acetylenes is 1. The molecule has 0 radical (unpaired) electrons. The average molecular weight is 473 g/mol. The lowest BCUT2D eigenvalue weighted by atomic mass is 10.2. The highest BCUT2D eigenvalue weighted by Crippen LogP contribution is 2.30. The molecule has 166 valence electrons. The first-order valence-corrected chi connectivity index (χ1v) is 11.8. The fourth-order valence-electron chi connectivity index (χ4n) is 3.62. The number of piperazine rings is 1. The second-order valence-electron chi connectivity index (χ2n) is 7.34. The molecule has 1 fully saturated rings. The molecule has 3 aromatic rings. The van der Waals surface area contributed by atoms with Crippen molar-refractivity contribution in [2.24, 2.45) is 0 Å². The van der Waals surface area contributed by atoms with Crippen LogP contribution in [0, 0.1) is 19.3 Å². The Bertz CT molecular complexity index is 1300. The van der Waals surface area contributed by atoms with Crippen LogP contribution in [0.3, 0.4) is 0 Å². The highest BCUT2D eigenvalue weighted by molar-refractivity contribution is 7.89. The number of carbonyl (C=O) groups excluding carboxylic acids is 1. The van der Waals surface area contributed by atoms with Crippen LogP contribution in [0.5, 0.6) is 0 Å². The smallest absolute Gasteiger partial charge is 0.298 e. The van der Waals surface area contributed by atoms with Crippen LogP contribution in [0.1, 0.15) is 15.9 Å². The monoisotopic (exact) mass is 472 g/mol. The molecule has 1 aliphatic rings. The van der Waals surface area contributed by atoms with E-state index >= 15 is 0 Å². The van der Waals surface area contributed by atoms with Crippen molar-refractivity contribution in [3.8, 4) is 12.3 Å². The summed E-state index contributed by atoms with van der Waals surface area (Å²) in [6.45, 7) is 3.23. The van der Waals surface area contributed by atoms with Crippen LogP contribution in [0.25, 0.3) is 11.1 Å². The van der Waals surface area contributed by atoms with Crippen molar-refractivity contribution >= 4 is 44.6 Å². The second-order valence-corrected chi connectivity index (χ2v) is 9.62. The summed E-state index contributed by atoms with van der Waals surface area (Å²) in [5.74, 6) is 2.07. The molecule has 1 saturated heterocycles. The molecule has 1 aliphatic heterocycles. The maximum absolute atomic E-state index is 13.1. The molecule has 2 heterocycles. The normalized spacial score (nSPS) is 15.0. The fraction of sp³-hybridized carbons (Fsp3) is 0.273.